The Labute approximate surface area is 120 Å². The van der Waals surface area contributed by atoms with E-state index in [0.717, 1.165) is 5.56 Å². The van der Waals surface area contributed by atoms with E-state index in [9.17, 15) is 4.79 Å². The van der Waals surface area contributed by atoms with Crippen molar-refractivity contribution in [3.63, 3.8) is 0 Å². The van der Waals surface area contributed by atoms with Crippen molar-refractivity contribution in [3.8, 4) is 5.75 Å². The van der Waals surface area contributed by atoms with Crippen molar-refractivity contribution in [1.29, 1.82) is 0 Å². The predicted octanol–water partition coefficient (Wildman–Crippen LogP) is 3.04. The van der Waals surface area contributed by atoms with Crippen molar-refractivity contribution in [3.05, 3.63) is 23.8 Å². The number of ether oxygens (including phenoxy) is 2. The molecule has 112 valence electrons. The normalized spacial score (nSPS) is 11.9. The quantitative estimate of drug-likeness (QED) is 0.835. The molecule has 0 bridgehead atoms. The molecule has 1 aromatic carbocycles. The largest absolute Gasteiger partial charge is 0.496 e. The zero-order chi connectivity index (χ0) is 15.6. The van der Waals surface area contributed by atoms with Crippen LogP contribution < -0.4 is 15.8 Å². The van der Waals surface area contributed by atoms with Gasteiger partial charge in [0, 0.05) is 11.3 Å². The van der Waals surface area contributed by atoms with Gasteiger partial charge in [0.1, 0.15) is 11.4 Å². The topological polar surface area (TPSA) is 73.6 Å². The van der Waals surface area contributed by atoms with E-state index in [4.69, 9.17) is 15.2 Å². The molecular formula is C15H24N2O3. The fourth-order valence-corrected chi connectivity index (χ4v) is 1.84. The first kappa shape index (κ1) is 16.1. The number of carbonyl (C=O) groups is 1. The number of nitrogen functional groups attached to an aromatic ring is 1. The van der Waals surface area contributed by atoms with Gasteiger partial charge in [-0.1, -0.05) is 0 Å². The lowest BCUT2D eigenvalue weighted by Gasteiger charge is -2.30. The lowest BCUT2D eigenvalue weighted by molar-refractivity contribution is 0.0469. The van der Waals surface area contributed by atoms with E-state index >= 15 is 0 Å². The van der Waals surface area contributed by atoms with Gasteiger partial charge in [0.25, 0.3) is 0 Å². The highest BCUT2D eigenvalue weighted by Crippen LogP contribution is 2.31. The van der Waals surface area contributed by atoms with Crippen LogP contribution in [0.5, 0.6) is 5.75 Å². The maximum absolute atomic E-state index is 11.9. The summed E-state index contributed by atoms with van der Waals surface area (Å²) in [7, 11) is 1.58. The molecule has 0 saturated heterocycles. The number of methoxy groups -OCH3 is 1. The highest BCUT2D eigenvalue weighted by atomic mass is 16.6. The van der Waals surface area contributed by atoms with Crippen LogP contribution in [-0.4, -0.2) is 18.8 Å². The first-order valence-electron chi connectivity index (χ1n) is 6.50. The molecule has 1 rings (SSSR count). The van der Waals surface area contributed by atoms with Gasteiger partial charge in [-0.25, -0.2) is 4.79 Å². The summed E-state index contributed by atoms with van der Waals surface area (Å²) in [5.41, 5.74) is 6.01. The molecule has 0 heterocycles. The smallest absolute Gasteiger partial charge is 0.408 e. The molecule has 0 unspecified atom stereocenters. The number of hydrogen-bond acceptors (Lipinski definition) is 4. The van der Waals surface area contributed by atoms with Crippen LogP contribution in [0.3, 0.4) is 0 Å². The molecule has 0 saturated carbocycles. The van der Waals surface area contributed by atoms with Crippen molar-refractivity contribution in [2.24, 2.45) is 0 Å². The van der Waals surface area contributed by atoms with Gasteiger partial charge < -0.3 is 20.5 Å². The van der Waals surface area contributed by atoms with Crippen molar-refractivity contribution >= 4 is 11.8 Å². The van der Waals surface area contributed by atoms with Crippen LogP contribution in [-0.2, 0) is 10.3 Å². The van der Waals surface area contributed by atoms with E-state index < -0.39 is 17.2 Å². The fraction of sp³-hybridized carbons (Fsp3) is 0.533. The Hall–Kier alpha value is -1.91. The van der Waals surface area contributed by atoms with Gasteiger partial charge in [-0.15, -0.1) is 0 Å². The Morgan fingerprint density at radius 3 is 2.30 bits per heavy atom. The molecule has 0 aliphatic rings. The highest BCUT2D eigenvalue weighted by Gasteiger charge is 2.29. The van der Waals surface area contributed by atoms with E-state index in [1.54, 1.807) is 25.3 Å². The average Bonchev–Trinajstić information content (AvgIpc) is 2.25. The molecule has 0 aliphatic carbocycles. The molecule has 0 radical (unpaired) electrons. The van der Waals surface area contributed by atoms with Crippen LogP contribution in [0.15, 0.2) is 18.2 Å². The van der Waals surface area contributed by atoms with Gasteiger partial charge in [-0.2, -0.15) is 0 Å². The Balaban J connectivity index is 2.99. The van der Waals surface area contributed by atoms with Crippen LogP contribution in [0.1, 0.15) is 40.2 Å². The van der Waals surface area contributed by atoms with Crippen LogP contribution in [0.25, 0.3) is 0 Å². The molecule has 1 aromatic rings. The summed E-state index contributed by atoms with van der Waals surface area (Å²) in [5.74, 6) is 0.667. The summed E-state index contributed by atoms with van der Waals surface area (Å²) in [4.78, 5) is 11.9. The first-order valence-corrected chi connectivity index (χ1v) is 6.50. The third kappa shape index (κ3) is 4.33. The van der Waals surface area contributed by atoms with Crippen molar-refractivity contribution in [2.75, 3.05) is 12.8 Å². The maximum atomic E-state index is 11.9. The minimum atomic E-state index is -0.664. The van der Waals surface area contributed by atoms with Crippen LogP contribution in [0, 0.1) is 0 Å². The van der Waals surface area contributed by atoms with E-state index in [2.05, 4.69) is 5.32 Å². The minimum absolute atomic E-state index is 0.480. The van der Waals surface area contributed by atoms with Crippen molar-refractivity contribution in [2.45, 2.75) is 45.8 Å². The third-order valence-electron chi connectivity index (χ3n) is 2.71. The monoisotopic (exact) mass is 280 g/mol. The molecular weight excluding hydrogens is 256 g/mol. The Bertz CT molecular complexity index is 490. The Morgan fingerprint density at radius 2 is 1.80 bits per heavy atom. The summed E-state index contributed by atoms with van der Waals surface area (Å²) in [6.45, 7) is 9.20. The molecule has 20 heavy (non-hydrogen) atoms. The molecule has 3 N–H and O–H groups in total. The molecule has 0 aromatic heterocycles. The standard InChI is InChI=1S/C15H24N2O3/c1-14(2,3)20-13(18)17-15(4,5)11-9-10(16)7-8-12(11)19-6/h7-9H,16H2,1-6H3,(H,17,18). The zero-order valence-electron chi connectivity index (χ0n) is 13.0. The van der Waals surface area contributed by atoms with E-state index in [1.807, 2.05) is 34.6 Å². The number of benzene rings is 1. The Morgan fingerprint density at radius 1 is 1.20 bits per heavy atom. The molecule has 5 nitrogen and oxygen atoms in total. The highest BCUT2D eigenvalue weighted by molar-refractivity contribution is 5.69. The van der Waals surface area contributed by atoms with Gasteiger partial charge in [0.2, 0.25) is 0 Å². The summed E-state index contributed by atoms with van der Waals surface area (Å²) in [5, 5.41) is 2.83. The molecule has 1 amide bonds. The lowest BCUT2D eigenvalue weighted by atomic mass is 9.93. The summed E-state index contributed by atoms with van der Waals surface area (Å²) >= 11 is 0. The predicted molar refractivity (Wildman–Crippen MR) is 79.8 cm³/mol. The molecule has 0 spiro atoms. The molecule has 5 heteroatoms. The molecule has 0 aliphatic heterocycles. The SMILES string of the molecule is COc1ccc(N)cc1C(C)(C)NC(=O)OC(C)(C)C. The molecule has 0 fully saturated rings. The van der Waals surface area contributed by atoms with Gasteiger partial charge in [0.05, 0.1) is 12.6 Å². The number of rotatable bonds is 3. The van der Waals surface area contributed by atoms with Gasteiger partial charge >= 0.3 is 6.09 Å². The van der Waals surface area contributed by atoms with Gasteiger partial charge in [0.15, 0.2) is 0 Å². The summed E-state index contributed by atoms with van der Waals surface area (Å²) in [6, 6.07) is 5.32. The van der Waals surface area contributed by atoms with Gasteiger partial charge in [-0.3, -0.25) is 0 Å². The van der Waals surface area contributed by atoms with Crippen LogP contribution >= 0.6 is 0 Å². The maximum Gasteiger partial charge on any atom is 0.408 e. The van der Waals surface area contributed by atoms with Gasteiger partial charge in [-0.05, 0) is 52.8 Å². The third-order valence-corrected chi connectivity index (χ3v) is 2.71. The minimum Gasteiger partial charge on any atom is -0.496 e. The number of hydrogen-bond donors (Lipinski definition) is 2. The second kappa shape index (κ2) is 5.61. The number of nitrogens with two attached hydrogens (primary N) is 1. The number of amides is 1. The van der Waals surface area contributed by atoms with Crippen LogP contribution in [0.2, 0.25) is 0 Å². The molecule has 0 atom stereocenters. The van der Waals surface area contributed by atoms with Crippen molar-refractivity contribution in [1.82, 2.24) is 5.32 Å². The zero-order valence-corrected chi connectivity index (χ0v) is 13.0. The van der Waals surface area contributed by atoms with E-state index in [1.165, 1.54) is 0 Å². The van der Waals surface area contributed by atoms with Crippen LogP contribution in [0.4, 0.5) is 10.5 Å². The number of alkyl carbamates (subject to hydrolysis) is 1. The van der Waals surface area contributed by atoms with E-state index in [0.29, 0.717) is 11.4 Å². The second-order valence-electron chi connectivity index (χ2n) is 6.21. The van der Waals surface area contributed by atoms with E-state index in [-0.39, 0.29) is 0 Å². The number of nitrogens with one attached hydrogen (secondary N) is 1. The average molecular weight is 280 g/mol. The Kier molecular flexibility index (Phi) is 4.53. The summed E-state index contributed by atoms with van der Waals surface area (Å²) in [6.07, 6.45) is -0.480. The number of anilines is 1. The first-order chi connectivity index (χ1) is 9.05. The second-order valence-corrected chi connectivity index (χ2v) is 6.21. The number of carbonyl (C=O) groups excluding carboxylic acids is 1. The summed E-state index contributed by atoms with van der Waals surface area (Å²) < 4.78 is 10.6. The lowest BCUT2D eigenvalue weighted by Crippen LogP contribution is -2.44. The van der Waals surface area contributed by atoms with Crippen molar-refractivity contribution < 1.29 is 14.3 Å². The fourth-order valence-electron chi connectivity index (χ4n) is 1.84.